The van der Waals surface area contributed by atoms with Crippen LogP contribution in [0.2, 0.25) is 0 Å². The van der Waals surface area contributed by atoms with Crippen molar-refractivity contribution in [1.29, 1.82) is 0 Å². The molecule has 0 bridgehead atoms. The average molecular weight is 326 g/mol. The van der Waals surface area contributed by atoms with Crippen molar-refractivity contribution < 1.29 is 19.0 Å². The van der Waals surface area contributed by atoms with E-state index in [0.717, 1.165) is 54.0 Å². The number of fused-ring (bicyclic) bond motifs is 2. The van der Waals surface area contributed by atoms with Crippen LogP contribution < -0.4 is 9.47 Å². The van der Waals surface area contributed by atoms with Gasteiger partial charge in [-0.25, -0.2) is 4.79 Å². The summed E-state index contributed by atoms with van der Waals surface area (Å²) < 4.78 is 16.8. The molecule has 0 radical (unpaired) electrons. The first-order valence-electron chi connectivity index (χ1n) is 8.28. The molecule has 3 rings (SSSR count). The number of hydrogen-bond acceptors (Lipinski definition) is 4. The van der Waals surface area contributed by atoms with E-state index in [0.29, 0.717) is 6.61 Å². The summed E-state index contributed by atoms with van der Waals surface area (Å²) in [6.07, 6.45) is 5.46. The molecule has 0 amide bonds. The summed E-state index contributed by atoms with van der Waals surface area (Å²) in [6.45, 7) is 3.92. The van der Waals surface area contributed by atoms with E-state index >= 15 is 0 Å². The molecule has 2 aromatic carbocycles. The number of carbonyl (C=O) groups excluding carboxylic acids is 1. The van der Waals surface area contributed by atoms with E-state index in [9.17, 15) is 4.79 Å². The largest absolute Gasteiger partial charge is 0.496 e. The molecule has 1 aliphatic rings. The summed E-state index contributed by atoms with van der Waals surface area (Å²) in [5, 5.41) is 2.11. The number of carbonyl (C=O) groups is 1. The van der Waals surface area contributed by atoms with Crippen molar-refractivity contribution in [3.63, 3.8) is 0 Å². The molecule has 4 heteroatoms. The van der Waals surface area contributed by atoms with E-state index in [2.05, 4.69) is 18.7 Å². The van der Waals surface area contributed by atoms with Crippen molar-refractivity contribution in [2.45, 2.75) is 25.7 Å². The molecule has 0 fully saturated rings. The predicted octanol–water partition coefficient (Wildman–Crippen LogP) is 3.84. The van der Waals surface area contributed by atoms with Gasteiger partial charge in [-0.3, -0.25) is 0 Å². The van der Waals surface area contributed by atoms with Crippen LogP contribution in [-0.4, -0.2) is 26.3 Å². The quantitative estimate of drug-likeness (QED) is 0.460. The Hall–Kier alpha value is -2.49. The van der Waals surface area contributed by atoms with Crippen LogP contribution in [0.25, 0.3) is 10.8 Å². The summed E-state index contributed by atoms with van der Waals surface area (Å²) in [5.74, 6) is 1.43. The van der Waals surface area contributed by atoms with Crippen LogP contribution in [0.1, 0.15) is 24.0 Å². The number of methoxy groups -OCH3 is 1. The fraction of sp³-hybridized carbons (Fsp3) is 0.350. The molecule has 0 saturated carbocycles. The Balaban J connectivity index is 1.96. The van der Waals surface area contributed by atoms with E-state index in [1.165, 1.54) is 11.1 Å². The second kappa shape index (κ2) is 7.39. The van der Waals surface area contributed by atoms with Gasteiger partial charge in [-0.15, -0.1) is 0 Å². The smallest absolute Gasteiger partial charge is 0.330 e. The standard InChI is InChI=1S/C20H22O4/c1-3-18(21)23-12-13-24-20-16-10-6-4-8-14(16)19(22-2)15-9-5-7-11-17(15)20/h3-4,6,8,10H,1,5,7,9,11-13H2,2H3. The zero-order chi connectivity index (χ0) is 16.9. The van der Waals surface area contributed by atoms with Gasteiger partial charge in [-0.2, -0.15) is 0 Å². The first-order chi connectivity index (χ1) is 11.8. The molecule has 0 aromatic heterocycles. The van der Waals surface area contributed by atoms with Gasteiger partial charge in [0.1, 0.15) is 24.7 Å². The van der Waals surface area contributed by atoms with Gasteiger partial charge in [0.05, 0.1) is 7.11 Å². The van der Waals surface area contributed by atoms with Gasteiger partial charge >= 0.3 is 5.97 Å². The summed E-state index contributed by atoms with van der Waals surface area (Å²) in [5.41, 5.74) is 2.48. The molecule has 2 aromatic rings. The van der Waals surface area contributed by atoms with Gasteiger partial charge in [0, 0.05) is 28.0 Å². The number of hydrogen-bond donors (Lipinski definition) is 0. The second-order valence-corrected chi connectivity index (χ2v) is 5.79. The Morgan fingerprint density at radius 3 is 2.33 bits per heavy atom. The molecule has 0 unspecified atom stereocenters. The molecule has 0 spiro atoms. The Kier molecular flexibility index (Phi) is 5.04. The first kappa shape index (κ1) is 16.4. The highest BCUT2D eigenvalue weighted by Crippen LogP contribution is 2.43. The molecule has 0 N–H and O–H groups in total. The summed E-state index contributed by atoms with van der Waals surface area (Å²) >= 11 is 0. The number of benzene rings is 2. The van der Waals surface area contributed by atoms with Gasteiger partial charge < -0.3 is 14.2 Å². The molecule has 24 heavy (non-hydrogen) atoms. The maximum atomic E-state index is 11.1. The summed E-state index contributed by atoms with van der Waals surface area (Å²) in [4.78, 5) is 11.1. The van der Waals surface area contributed by atoms with Crippen LogP contribution >= 0.6 is 0 Å². The Labute approximate surface area is 142 Å². The van der Waals surface area contributed by atoms with Crippen molar-refractivity contribution in [1.82, 2.24) is 0 Å². The third-order valence-electron chi connectivity index (χ3n) is 4.38. The zero-order valence-electron chi connectivity index (χ0n) is 14.0. The molecule has 1 aliphatic carbocycles. The molecule has 0 heterocycles. The van der Waals surface area contributed by atoms with Gasteiger partial charge in [-0.1, -0.05) is 30.8 Å². The molecule has 4 nitrogen and oxygen atoms in total. The fourth-order valence-electron chi connectivity index (χ4n) is 3.35. The van der Waals surface area contributed by atoms with Crippen LogP contribution in [0.15, 0.2) is 36.9 Å². The molecule has 0 saturated heterocycles. The molecule has 0 atom stereocenters. The van der Waals surface area contributed by atoms with Crippen LogP contribution in [0.4, 0.5) is 0 Å². The van der Waals surface area contributed by atoms with E-state index in [-0.39, 0.29) is 6.61 Å². The second-order valence-electron chi connectivity index (χ2n) is 5.79. The summed E-state index contributed by atoms with van der Waals surface area (Å²) in [6, 6.07) is 8.13. The van der Waals surface area contributed by atoms with Gasteiger partial charge in [0.2, 0.25) is 0 Å². The van der Waals surface area contributed by atoms with Crippen LogP contribution in [-0.2, 0) is 22.4 Å². The predicted molar refractivity (Wildman–Crippen MR) is 93.8 cm³/mol. The van der Waals surface area contributed by atoms with Crippen molar-refractivity contribution in [2.75, 3.05) is 20.3 Å². The first-order valence-corrected chi connectivity index (χ1v) is 8.28. The third kappa shape index (κ3) is 3.09. The fourth-order valence-corrected chi connectivity index (χ4v) is 3.35. The molecular weight excluding hydrogens is 304 g/mol. The minimum atomic E-state index is -0.430. The monoisotopic (exact) mass is 326 g/mol. The molecule has 126 valence electrons. The van der Waals surface area contributed by atoms with Gasteiger partial charge in [0.25, 0.3) is 0 Å². The molecular formula is C20H22O4. The SMILES string of the molecule is C=CC(=O)OCCOc1c2c(c(OC)c3ccccc13)CCCC2. The Bertz CT molecular complexity index is 764. The van der Waals surface area contributed by atoms with Crippen LogP contribution in [0.3, 0.4) is 0 Å². The van der Waals surface area contributed by atoms with E-state index < -0.39 is 5.97 Å². The van der Waals surface area contributed by atoms with E-state index in [1.54, 1.807) is 7.11 Å². The van der Waals surface area contributed by atoms with Gasteiger partial charge in [-0.05, 0) is 25.7 Å². The topological polar surface area (TPSA) is 44.8 Å². The lowest BCUT2D eigenvalue weighted by molar-refractivity contribution is -0.138. The molecule has 0 aliphatic heterocycles. The van der Waals surface area contributed by atoms with Crippen molar-refractivity contribution >= 4 is 16.7 Å². The minimum Gasteiger partial charge on any atom is -0.496 e. The van der Waals surface area contributed by atoms with Crippen molar-refractivity contribution in [3.8, 4) is 11.5 Å². The lowest BCUT2D eigenvalue weighted by Crippen LogP contribution is -2.13. The van der Waals surface area contributed by atoms with E-state index in [4.69, 9.17) is 14.2 Å². The Morgan fingerprint density at radius 1 is 1.08 bits per heavy atom. The third-order valence-corrected chi connectivity index (χ3v) is 4.38. The summed E-state index contributed by atoms with van der Waals surface area (Å²) in [7, 11) is 1.73. The lowest BCUT2D eigenvalue weighted by atomic mass is 9.87. The van der Waals surface area contributed by atoms with Crippen molar-refractivity contribution in [2.24, 2.45) is 0 Å². The van der Waals surface area contributed by atoms with Crippen molar-refractivity contribution in [3.05, 3.63) is 48.0 Å². The lowest BCUT2D eigenvalue weighted by Gasteiger charge is -2.24. The maximum absolute atomic E-state index is 11.1. The van der Waals surface area contributed by atoms with Gasteiger partial charge in [0.15, 0.2) is 0 Å². The number of rotatable bonds is 6. The van der Waals surface area contributed by atoms with Crippen LogP contribution in [0, 0.1) is 0 Å². The Morgan fingerprint density at radius 2 is 1.71 bits per heavy atom. The average Bonchev–Trinajstić information content (AvgIpc) is 2.64. The van der Waals surface area contributed by atoms with Crippen LogP contribution in [0.5, 0.6) is 11.5 Å². The maximum Gasteiger partial charge on any atom is 0.330 e. The number of esters is 1. The zero-order valence-corrected chi connectivity index (χ0v) is 14.0. The van der Waals surface area contributed by atoms with E-state index in [1.807, 2.05) is 12.1 Å². The normalized spacial score (nSPS) is 13.2. The minimum absolute atomic E-state index is 0.208. The highest BCUT2D eigenvalue weighted by atomic mass is 16.6. The number of ether oxygens (including phenoxy) is 3. The highest BCUT2D eigenvalue weighted by Gasteiger charge is 2.23. The highest BCUT2D eigenvalue weighted by molar-refractivity contribution is 5.96.